The largest absolute Gasteiger partial charge is 0.396 e. The summed E-state index contributed by atoms with van der Waals surface area (Å²) in [5.41, 5.74) is 0.644. The van der Waals surface area contributed by atoms with Gasteiger partial charge in [0.15, 0.2) is 0 Å². The Morgan fingerprint density at radius 2 is 1.80 bits per heavy atom. The first-order chi connectivity index (χ1) is 9.29. The van der Waals surface area contributed by atoms with E-state index in [2.05, 4.69) is 34.6 Å². The normalized spacial score (nSPS) is 23.1. The van der Waals surface area contributed by atoms with Crippen LogP contribution in [0.5, 0.6) is 0 Å². The Kier molecular flexibility index (Phi) is 7.00. The van der Waals surface area contributed by atoms with Crippen molar-refractivity contribution >= 4 is 0 Å². The fourth-order valence-corrected chi connectivity index (χ4v) is 3.80. The minimum Gasteiger partial charge on any atom is -0.396 e. The smallest absolute Gasteiger partial charge is 0.0517 e. The Labute approximate surface area is 126 Å². The fraction of sp³-hybridized carbons (Fsp3) is 1.00. The molecule has 0 aromatic heterocycles. The quantitative estimate of drug-likeness (QED) is 0.559. The van der Waals surface area contributed by atoms with E-state index in [9.17, 15) is 0 Å². The summed E-state index contributed by atoms with van der Waals surface area (Å²) in [6.45, 7) is 13.8. The number of hydrogen-bond donors (Lipinski definition) is 1. The maximum absolute atomic E-state index is 9.00. The Hall–Kier alpha value is -0.0800. The molecule has 0 aromatic rings. The minimum absolute atomic E-state index is 0.263. The van der Waals surface area contributed by atoms with Crippen LogP contribution in [0, 0.1) is 22.7 Å². The van der Waals surface area contributed by atoms with Crippen molar-refractivity contribution in [3.05, 3.63) is 0 Å². The lowest BCUT2D eigenvalue weighted by molar-refractivity contribution is 0.0323. The Morgan fingerprint density at radius 1 is 1.10 bits per heavy atom. The van der Waals surface area contributed by atoms with Gasteiger partial charge in [-0.15, -0.1) is 0 Å². The van der Waals surface area contributed by atoms with Gasteiger partial charge in [0.05, 0.1) is 6.61 Å². The van der Waals surface area contributed by atoms with Gasteiger partial charge in [-0.1, -0.05) is 41.0 Å². The number of rotatable bonds is 11. The van der Waals surface area contributed by atoms with Gasteiger partial charge in [-0.3, -0.25) is 0 Å². The maximum atomic E-state index is 9.00. The standard InChI is InChI=1S/C18H36O2/c1-6-7-10-20-14-18(4,5)13-17(2,3)12-16-11-15(16)8-9-19/h15-16,19H,6-14H2,1-5H3. The first kappa shape index (κ1) is 18.0. The third kappa shape index (κ3) is 7.08. The van der Waals surface area contributed by atoms with Crippen LogP contribution in [-0.4, -0.2) is 24.9 Å². The van der Waals surface area contributed by atoms with Crippen molar-refractivity contribution in [2.45, 2.75) is 73.1 Å². The molecule has 0 aromatic carbocycles. The molecule has 0 aliphatic heterocycles. The third-order valence-electron chi connectivity index (χ3n) is 4.48. The van der Waals surface area contributed by atoms with Crippen molar-refractivity contribution in [2.75, 3.05) is 19.8 Å². The van der Waals surface area contributed by atoms with Crippen LogP contribution in [0.3, 0.4) is 0 Å². The predicted octanol–water partition coefficient (Wildman–Crippen LogP) is 4.65. The van der Waals surface area contributed by atoms with Crippen LogP contribution in [0.4, 0.5) is 0 Å². The highest BCUT2D eigenvalue weighted by Gasteiger charge is 2.41. The van der Waals surface area contributed by atoms with Crippen LogP contribution in [0.1, 0.15) is 73.1 Å². The van der Waals surface area contributed by atoms with Crippen molar-refractivity contribution < 1.29 is 9.84 Å². The fourth-order valence-electron chi connectivity index (χ4n) is 3.80. The molecule has 2 heteroatoms. The Balaban J connectivity index is 2.28. The minimum atomic E-state index is 0.263. The van der Waals surface area contributed by atoms with Crippen molar-refractivity contribution in [3.8, 4) is 0 Å². The van der Waals surface area contributed by atoms with E-state index in [0.717, 1.165) is 31.5 Å². The van der Waals surface area contributed by atoms with Gasteiger partial charge in [0.1, 0.15) is 0 Å². The lowest BCUT2D eigenvalue weighted by Gasteiger charge is -2.35. The van der Waals surface area contributed by atoms with E-state index in [4.69, 9.17) is 9.84 Å². The molecule has 2 atom stereocenters. The van der Waals surface area contributed by atoms with Crippen LogP contribution in [0.2, 0.25) is 0 Å². The molecule has 1 rings (SSSR count). The molecule has 1 saturated carbocycles. The SMILES string of the molecule is CCCCOCC(C)(C)CC(C)(C)CC1CC1CCO. The zero-order chi connectivity index (χ0) is 15.2. The van der Waals surface area contributed by atoms with E-state index in [0.29, 0.717) is 12.0 Å². The number of ether oxygens (including phenoxy) is 1. The van der Waals surface area contributed by atoms with Crippen LogP contribution in [0.25, 0.3) is 0 Å². The van der Waals surface area contributed by atoms with Gasteiger partial charge in [0.2, 0.25) is 0 Å². The van der Waals surface area contributed by atoms with Gasteiger partial charge in [-0.05, 0) is 54.8 Å². The molecule has 2 nitrogen and oxygen atoms in total. The molecule has 120 valence electrons. The average molecular weight is 284 g/mol. The van der Waals surface area contributed by atoms with Crippen LogP contribution in [-0.2, 0) is 4.74 Å². The summed E-state index contributed by atoms with van der Waals surface area (Å²) in [7, 11) is 0. The van der Waals surface area contributed by atoms with E-state index in [-0.39, 0.29) is 5.41 Å². The molecule has 0 saturated heterocycles. The Morgan fingerprint density at radius 3 is 2.40 bits per heavy atom. The highest BCUT2D eigenvalue weighted by atomic mass is 16.5. The molecule has 20 heavy (non-hydrogen) atoms. The summed E-state index contributed by atoms with van der Waals surface area (Å²) in [5.74, 6) is 1.65. The number of aliphatic hydroxyl groups excluding tert-OH is 1. The first-order valence-electron chi connectivity index (χ1n) is 8.48. The van der Waals surface area contributed by atoms with E-state index < -0.39 is 0 Å². The summed E-state index contributed by atoms with van der Waals surface area (Å²) < 4.78 is 5.83. The highest BCUT2D eigenvalue weighted by Crippen LogP contribution is 2.50. The topological polar surface area (TPSA) is 29.5 Å². The zero-order valence-corrected chi connectivity index (χ0v) is 14.4. The third-order valence-corrected chi connectivity index (χ3v) is 4.48. The average Bonchev–Trinajstić information content (AvgIpc) is 3.00. The van der Waals surface area contributed by atoms with Gasteiger partial charge in [-0.2, -0.15) is 0 Å². The van der Waals surface area contributed by atoms with Gasteiger partial charge in [-0.25, -0.2) is 0 Å². The van der Waals surface area contributed by atoms with Crippen LogP contribution in [0.15, 0.2) is 0 Å². The molecule has 0 radical (unpaired) electrons. The summed E-state index contributed by atoms with van der Waals surface area (Å²) in [4.78, 5) is 0. The van der Waals surface area contributed by atoms with Gasteiger partial charge in [0.25, 0.3) is 0 Å². The first-order valence-corrected chi connectivity index (χ1v) is 8.48. The van der Waals surface area contributed by atoms with Gasteiger partial charge >= 0.3 is 0 Å². The number of hydrogen-bond acceptors (Lipinski definition) is 2. The van der Waals surface area contributed by atoms with E-state index >= 15 is 0 Å². The molecule has 1 aliphatic carbocycles. The zero-order valence-electron chi connectivity index (χ0n) is 14.4. The lowest BCUT2D eigenvalue weighted by Crippen LogP contribution is -2.28. The van der Waals surface area contributed by atoms with Crippen molar-refractivity contribution in [1.29, 1.82) is 0 Å². The second kappa shape index (κ2) is 7.79. The second-order valence-electron chi connectivity index (χ2n) is 8.38. The molecule has 2 unspecified atom stereocenters. The summed E-state index contributed by atoms with van der Waals surface area (Å²) >= 11 is 0. The molecule has 1 N–H and O–H groups in total. The highest BCUT2D eigenvalue weighted by molar-refractivity contribution is 4.91. The van der Waals surface area contributed by atoms with Gasteiger partial charge < -0.3 is 9.84 Å². The molecular formula is C18H36O2. The van der Waals surface area contributed by atoms with Crippen molar-refractivity contribution in [1.82, 2.24) is 0 Å². The molecular weight excluding hydrogens is 248 g/mol. The van der Waals surface area contributed by atoms with Crippen LogP contribution >= 0.6 is 0 Å². The Bertz CT molecular complexity index is 271. The van der Waals surface area contributed by atoms with Crippen molar-refractivity contribution in [3.63, 3.8) is 0 Å². The summed E-state index contributed by atoms with van der Waals surface area (Å²) in [5, 5.41) is 9.00. The van der Waals surface area contributed by atoms with E-state index in [1.54, 1.807) is 0 Å². The molecule has 1 fully saturated rings. The predicted molar refractivity (Wildman–Crippen MR) is 85.8 cm³/mol. The van der Waals surface area contributed by atoms with Crippen molar-refractivity contribution in [2.24, 2.45) is 22.7 Å². The molecule has 0 heterocycles. The summed E-state index contributed by atoms with van der Waals surface area (Å²) in [6.07, 6.45) is 7.23. The molecule has 0 spiro atoms. The summed E-state index contributed by atoms with van der Waals surface area (Å²) in [6, 6.07) is 0. The second-order valence-corrected chi connectivity index (χ2v) is 8.38. The van der Waals surface area contributed by atoms with E-state index in [1.807, 2.05) is 0 Å². The molecule has 0 bridgehead atoms. The van der Waals surface area contributed by atoms with Gasteiger partial charge in [0, 0.05) is 13.2 Å². The molecule has 0 amide bonds. The monoisotopic (exact) mass is 284 g/mol. The van der Waals surface area contributed by atoms with Crippen LogP contribution < -0.4 is 0 Å². The lowest BCUT2D eigenvalue weighted by atomic mass is 9.72. The number of aliphatic hydroxyl groups is 1. The molecule has 1 aliphatic rings. The maximum Gasteiger partial charge on any atom is 0.0517 e. The van der Waals surface area contributed by atoms with E-state index in [1.165, 1.54) is 32.1 Å². The number of unbranched alkanes of at least 4 members (excludes halogenated alkanes) is 1.